The van der Waals surface area contributed by atoms with Crippen LogP contribution in [0.15, 0.2) is 30.3 Å². The van der Waals surface area contributed by atoms with Gasteiger partial charge in [-0.2, -0.15) is 0 Å². The van der Waals surface area contributed by atoms with Gasteiger partial charge in [-0.1, -0.05) is 36.8 Å². The molecule has 0 spiro atoms. The molecule has 3 heteroatoms. The van der Waals surface area contributed by atoms with Gasteiger partial charge < -0.3 is 10.6 Å². The lowest BCUT2D eigenvalue weighted by molar-refractivity contribution is -0.133. The number of rotatable bonds is 4. The van der Waals surface area contributed by atoms with Gasteiger partial charge in [0.15, 0.2) is 0 Å². The van der Waals surface area contributed by atoms with Crippen molar-refractivity contribution < 1.29 is 4.79 Å². The topological polar surface area (TPSA) is 46.3 Å². The van der Waals surface area contributed by atoms with E-state index in [0.29, 0.717) is 18.2 Å². The number of nitrogens with two attached hydrogens (primary N) is 1. The average molecular weight is 300 g/mol. The van der Waals surface area contributed by atoms with Crippen LogP contribution in [0.25, 0.3) is 0 Å². The molecule has 3 nitrogen and oxygen atoms in total. The lowest BCUT2D eigenvalue weighted by atomic mass is 9.89. The van der Waals surface area contributed by atoms with E-state index >= 15 is 0 Å². The van der Waals surface area contributed by atoms with Crippen LogP contribution in [0.4, 0.5) is 0 Å². The molecule has 2 aliphatic rings. The van der Waals surface area contributed by atoms with Gasteiger partial charge in [-0.3, -0.25) is 4.79 Å². The average Bonchev–Trinajstić information content (AvgIpc) is 2.94. The van der Waals surface area contributed by atoms with E-state index in [4.69, 9.17) is 5.73 Å². The van der Waals surface area contributed by atoms with Gasteiger partial charge in [0.1, 0.15) is 0 Å². The third kappa shape index (κ3) is 3.89. The molecular weight excluding hydrogens is 272 g/mol. The van der Waals surface area contributed by atoms with E-state index in [1.54, 1.807) is 0 Å². The molecule has 0 bridgehead atoms. The van der Waals surface area contributed by atoms with Crippen LogP contribution in [0.1, 0.15) is 44.1 Å². The number of carbonyl (C=O) groups is 1. The molecule has 1 amide bonds. The van der Waals surface area contributed by atoms with E-state index in [0.717, 1.165) is 51.1 Å². The number of amides is 1. The highest BCUT2D eigenvalue weighted by Crippen LogP contribution is 2.28. The van der Waals surface area contributed by atoms with Crippen molar-refractivity contribution in [3.05, 3.63) is 35.9 Å². The van der Waals surface area contributed by atoms with E-state index in [9.17, 15) is 4.79 Å². The standard InChI is InChI=1S/C19H28N2O/c20-18-8-4-7-17(18)14-19(22)21-11-9-16(10-12-21)13-15-5-2-1-3-6-15/h1-3,5-6,16-18H,4,7-14,20H2/t17-,18+/m0/s1. The van der Waals surface area contributed by atoms with E-state index in [1.807, 2.05) is 0 Å². The second-order valence-electron chi connectivity index (χ2n) is 7.07. The zero-order chi connectivity index (χ0) is 15.4. The number of carbonyl (C=O) groups excluding carboxylic acids is 1. The minimum Gasteiger partial charge on any atom is -0.343 e. The first-order chi connectivity index (χ1) is 10.7. The van der Waals surface area contributed by atoms with E-state index in [-0.39, 0.29) is 6.04 Å². The molecule has 1 saturated heterocycles. The third-order valence-corrected chi connectivity index (χ3v) is 5.49. The summed E-state index contributed by atoms with van der Waals surface area (Å²) in [7, 11) is 0. The summed E-state index contributed by atoms with van der Waals surface area (Å²) in [6.07, 6.45) is 7.52. The number of piperidine rings is 1. The molecule has 1 aliphatic heterocycles. The van der Waals surface area contributed by atoms with E-state index < -0.39 is 0 Å². The summed E-state index contributed by atoms with van der Waals surface area (Å²) in [6, 6.07) is 11.0. The SMILES string of the molecule is N[C@@H]1CCC[C@H]1CC(=O)N1CCC(Cc2ccccc2)CC1. The summed E-state index contributed by atoms with van der Waals surface area (Å²) in [5.74, 6) is 1.48. The minimum absolute atomic E-state index is 0.250. The fourth-order valence-corrected chi connectivity index (χ4v) is 4.01. The van der Waals surface area contributed by atoms with Crippen LogP contribution >= 0.6 is 0 Å². The molecule has 2 atom stereocenters. The highest BCUT2D eigenvalue weighted by atomic mass is 16.2. The smallest absolute Gasteiger partial charge is 0.222 e. The first-order valence-electron chi connectivity index (χ1n) is 8.79. The second-order valence-corrected chi connectivity index (χ2v) is 7.07. The molecule has 120 valence electrons. The van der Waals surface area contributed by atoms with Crippen molar-refractivity contribution in [2.24, 2.45) is 17.6 Å². The van der Waals surface area contributed by atoms with Gasteiger partial charge in [0.05, 0.1) is 0 Å². The second kappa shape index (κ2) is 7.28. The Labute approximate surface area is 133 Å². The van der Waals surface area contributed by atoms with Crippen LogP contribution in [0, 0.1) is 11.8 Å². The number of nitrogens with zero attached hydrogens (tertiary/aromatic N) is 1. The number of hydrogen-bond acceptors (Lipinski definition) is 2. The van der Waals surface area contributed by atoms with Crippen LogP contribution in [0.2, 0.25) is 0 Å². The largest absolute Gasteiger partial charge is 0.343 e. The fraction of sp³-hybridized carbons (Fsp3) is 0.632. The normalized spacial score (nSPS) is 26.3. The van der Waals surface area contributed by atoms with Gasteiger partial charge in [-0.15, -0.1) is 0 Å². The molecule has 1 aliphatic carbocycles. The Kier molecular flexibility index (Phi) is 5.14. The van der Waals surface area contributed by atoms with Crippen LogP contribution < -0.4 is 5.73 Å². The first kappa shape index (κ1) is 15.5. The van der Waals surface area contributed by atoms with Crippen LogP contribution in [-0.2, 0) is 11.2 Å². The highest BCUT2D eigenvalue weighted by molar-refractivity contribution is 5.76. The third-order valence-electron chi connectivity index (χ3n) is 5.49. The number of hydrogen-bond donors (Lipinski definition) is 1. The predicted molar refractivity (Wildman–Crippen MR) is 89.4 cm³/mol. The highest BCUT2D eigenvalue weighted by Gasteiger charge is 2.29. The summed E-state index contributed by atoms with van der Waals surface area (Å²) in [4.78, 5) is 14.5. The molecule has 0 unspecified atom stereocenters. The number of benzene rings is 1. The summed E-state index contributed by atoms with van der Waals surface area (Å²) < 4.78 is 0. The number of likely N-dealkylation sites (tertiary alicyclic amines) is 1. The van der Waals surface area contributed by atoms with Gasteiger partial charge >= 0.3 is 0 Å². The lowest BCUT2D eigenvalue weighted by Gasteiger charge is -2.33. The zero-order valence-electron chi connectivity index (χ0n) is 13.4. The maximum absolute atomic E-state index is 12.4. The van der Waals surface area contributed by atoms with Crippen molar-refractivity contribution in [1.29, 1.82) is 0 Å². The Bertz CT molecular complexity index is 479. The van der Waals surface area contributed by atoms with E-state index in [2.05, 4.69) is 35.2 Å². The van der Waals surface area contributed by atoms with Crippen molar-refractivity contribution in [2.45, 2.75) is 51.0 Å². The molecule has 22 heavy (non-hydrogen) atoms. The minimum atomic E-state index is 0.250. The molecule has 1 aromatic rings. The summed E-state index contributed by atoms with van der Waals surface area (Å²) in [5, 5.41) is 0. The Morgan fingerprint density at radius 1 is 1.09 bits per heavy atom. The quantitative estimate of drug-likeness (QED) is 0.929. The lowest BCUT2D eigenvalue weighted by Crippen LogP contribution is -2.40. The Morgan fingerprint density at radius 2 is 1.82 bits per heavy atom. The van der Waals surface area contributed by atoms with Crippen LogP contribution in [0.3, 0.4) is 0 Å². The zero-order valence-corrected chi connectivity index (χ0v) is 13.4. The fourth-order valence-electron chi connectivity index (χ4n) is 4.01. The van der Waals surface area contributed by atoms with Crippen molar-refractivity contribution in [3.63, 3.8) is 0 Å². The molecule has 2 fully saturated rings. The molecule has 1 aromatic carbocycles. The van der Waals surface area contributed by atoms with Gasteiger partial charge in [0, 0.05) is 25.6 Å². The van der Waals surface area contributed by atoms with Crippen LogP contribution in [-0.4, -0.2) is 29.9 Å². The molecule has 0 radical (unpaired) electrons. The molecule has 1 heterocycles. The maximum Gasteiger partial charge on any atom is 0.222 e. The summed E-state index contributed by atoms with van der Waals surface area (Å²) in [5.41, 5.74) is 7.51. The molecular formula is C19H28N2O. The van der Waals surface area contributed by atoms with Crippen molar-refractivity contribution in [3.8, 4) is 0 Å². The Balaban J connectivity index is 1.44. The molecule has 2 N–H and O–H groups in total. The first-order valence-corrected chi connectivity index (χ1v) is 8.79. The monoisotopic (exact) mass is 300 g/mol. The Morgan fingerprint density at radius 3 is 2.45 bits per heavy atom. The van der Waals surface area contributed by atoms with Crippen molar-refractivity contribution in [1.82, 2.24) is 4.90 Å². The molecule has 3 rings (SSSR count). The Hall–Kier alpha value is -1.35. The van der Waals surface area contributed by atoms with Crippen molar-refractivity contribution in [2.75, 3.05) is 13.1 Å². The van der Waals surface area contributed by atoms with Gasteiger partial charge in [-0.05, 0) is 49.5 Å². The maximum atomic E-state index is 12.4. The van der Waals surface area contributed by atoms with Gasteiger partial charge in [0.25, 0.3) is 0 Å². The van der Waals surface area contributed by atoms with E-state index in [1.165, 1.54) is 12.0 Å². The van der Waals surface area contributed by atoms with Crippen molar-refractivity contribution >= 4 is 5.91 Å². The van der Waals surface area contributed by atoms with Crippen LogP contribution in [0.5, 0.6) is 0 Å². The molecule has 1 saturated carbocycles. The molecule has 0 aromatic heterocycles. The summed E-state index contributed by atoms with van der Waals surface area (Å²) in [6.45, 7) is 1.86. The van der Waals surface area contributed by atoms with Gasteiger partial charge in [-0.25, -0.2) is 0 Å². The van der Waals surface area contributed by atoms with Gasteiger partial charge in [0.2, 0.25) is 5.91 Å². The predicted octanol–water partition coefficient (Wildman–Crippen LogP) is 2.99. The summed E-state index contributed by atoms with van der Waals surface area (Å²) >= 11 is 0.